The Balaban J connectivity index is 1.33. The topological polar surface area (TPSA) is 64.4 Å². The Kier molecular flexibility index (Phi) is 6.31. The number of allylic oxidation sites excluding steroid dienone is 1. The van der Waals surface area contributed by atoms with Gasteiger partial charge in [-0.05, 0) is 122 Å². The van der Waals surface area contributed by atoms with Gasteiger partial charge in [0.05, 0.1) is 12.7 Å². The lowest BCUT2D eigenvalue weighted by Crippen LogP contribution is -2.66. The van der Waals surface area contributed by atoms with Gasteiger partial charge in [0.25, 0.3) is 0 Å². The van der Waals surface area contributed by atoms with Crippen LogP contribution in [0.2, 0.25) is 0 Å². The lowest BCUT2D eigenvalue weighted by Gasteiger charge is -2.73. The molecule has 0 amide bonds. The van der Waals surface area contributed by atoms with E-state index in [9.17, 15) is 9.90 Å². The molecule has 5 aliphatic rings. The summed E-state index contributed by atoms with van der Waals surface area (Å²) in [5.41, 5.74) is 2.21. The van der Waals surface area contributed by atoms with Crippen LogP contribution in [-0.4, -0.2) is 33.5 Å². The number of nitrogens with zero attached hydrogens (tertiary/aromatic N) is 2. The molecule has 0 aliphatic heterocycles. The zero-order valence-electron chi connectivity index (χ0n) is 25.3. The highest BCUT2D eigenvalue weighted by molar-refractivity contribution is 5.70. The molecule has 0 spiro atoms. The molecule has 6 rings (SSSR count). The molecule has 1 aromatic heterocycles. The second kappa shape index (κ2) is 8.94. The standard InChI is InChI=1S/C34H52N2O3/c1-22(2)23-10-15-34(20-39-29(38)36-19-18-35-21-36)17-16-32(6)24(28(23)34)8-9-26-31(5)13-12-27(37)30(3,4)25(31)11-14-33(26,32)7/h18-19,21,23-28,37H,1,8-17,20H2,2-7H3/t23-,24?,25?,26?,27-,28?,31-,32+,33+,34+/m0/s1. The van der Waals surface area contributed by atoms with Gasteiger partial charge in [0.15, 0.2) is 0 Å². The highest BCUT2D eigenvalue weighted by Gasteiger charge is 2.71. The lowest BCUT2D eigenvalue weighted by atomic mass is 9.32. The number of ether oxygens (including phenoxy) is 1. The molecule has 0 radical (unpaired) electrons. The number of hydrogen-bond donors (Lipinski definition) is 1. The number of aliphatic hydroxyl groups is 1. The number of carbonyl (C=O) groups is 1. The molecule has 39 heavy (non-hydrogen) atoms. The van der Waals surface area contributed by atoms with E-state index in [1.165, 1.54) is 55.0 Å². The van der Waals surface area contributed by atoms with Crippen LogP contribution in [0.25, 0.3) is 0 Å². The summed E-state index contributed by atoms with van der Waals surface area (Å²) in [6, 6.07) is 0. The summed E-state index contributed by atoms with van der Waals surface area (Å²) in [6.07, 6.45) is 16.2. The number of imidazole rings is 1. The Hall–Kier alpha value is -1.62. The summed E-state index contributed by atoms with van der Waals surface area (Å²) in [5.74, 6) is 2.96. The Labute approximate surface area is 236 Å². The van der Waals surface area contributed by atoms with Gasteiger partial charge in [-0.25, -0.2) is 14.3 Å². The quantitative estimate of drug-likeness (QED) is 0.399. The van der Waals surface area contributed by atoms with E-state index in [0.29, 0.717) is 47.0 Å². The number of hydrogen-bond acceptors (Lipinski definition) is 4. The third-order valence-corrected chi connectivity index (χ3v) is 14.4. The third kappa shape index (κ3) is 3.66. The maximum absolute atomic E-state index is 12.8. The van der Waals surface area contributed by atoms with Gasteiger partial charge in [-0.1, -0.05) is 46.8 Å². The summed E-state index contributed by atoms with van der Waals surface area (Å²) in [7, 11) is 0. The second-order valence-electron chi connectivity index (χ2n) is 15.9. The molecular formula is C34H52N2O3. The molecule has 1 aromatic rings. The Morgan fingerprint density at radius 1 is 0.974 bits per heavy atom. The summed E-state index contributed by atoms with van der Waals surface area (Å²) < 4.78 is 7.51. The molecule has 1 N–H and O–H groups in total. The van der Waals surface area contributed by atoms with Crippen LogP contribution in [0.3, 0.4) is 0 Å². The molecule has 10 atom stereocenters. The van der Waals surface area contributed by atoms with Gasteiger partial charge in [-0.15, -0.1) is 0 Å². The van der Waals surface area contributed by atoms with E-state index in [1.807, 2.05) is 0 Å². The van der Waals surface area contributed by atoms with Gasteiger partial charge in [0.2, 0.25) is 0 Å². The second-order valence-corrected chi connectivity index (χ2v) is 15.9. The van der Waals surface area contributed by atoms with Crippen molar-refractivity contribution in [2.75, 3.05) is 6.61 Å². The predicted octanol–water partition coefficient (Wildman–Crippen LogP) is 7.89. The molecule has 4 unspecified atom stereocenters. The normalized spacial score (nSPS) is 48.3. The Morgan fingerprint density at radius 2 is 1.74 bits per heavy atom. The van der Waals surface area contributed by atoms with Crippen molar-refractivity contribution in [3.63, 3.8) is 0 Å². The molecule has 5 aliphatic carbocycles. The third-order valence-electron chi connectivity index (χ3n) is 14.4. The van der Waals surface area contributed by atoms with Gasteiger partial charge < -0.3 is 9.84 Å². The van der Waals surface area contributed by atoms with Crippen LogP contribution in [0, 0.1) is 56.7 Å². The fraction of sp³-hybridized carbons (Fsp3) is 0.824. The SMILES string of the molecule is C=C(C)[C@@H]1CC[C@]2(COC(=O)n3ccnc3)CC[C@]3(C)C(CCC4[C@@]5(C)CC[C@H](O)C(C)(C)C5CC[C@]43C)C12. The molecule has 5 heteroatoms. The average Bonchev–Trinajstić information content (AvgIpc) is 3.55. The van der Waals surface area contributed by atoms with E-state index in [4.69, 9.17) is 4.74 Å². The number of carbonyl (C=O) groups excluding carboxylic acids is 1. The lowest BCUT2D eigenvalue weighted by molar-refractivity contribution is -0.249. The summed E-state index contributed by atoms with van der Waals surface area (Å²) >= 11 is 0. The first kappa shape index (κ1) is 27.5. The minimum absolute atomic E-state index is 0.0105. The number of rotatable bonds is 3. The first-order valence-electron chi connectivity index (χ1n) is 15.8. The minimum Gasteiger partial charge on any atom is -0.448 e. The van der Waals surface area contributed by atoms with Gasteiger partial charge >= 0.3 is 6.09 Å². The van der Waals surface area contributed by atoms with Gasteiger partial charge in [-0.3, -0.25) is 0 Å². The Morgan fingerprint density at radius 3 is 2.44 bits per heavy atom. The van der Waals surface area contributed by atoms with Gasteiger partial charge in [0, 0.05) is 17.8 Å². The molecule has 216 valence electrons. The minimum atomic E-state index is -0.309. The van der Waals surface area contributed by atoms with E-state index in [-0.39, 0.29) is 28.4 Å². The van der Waals surface area contributed by atoms with Crippen LogP contribution < -0.4 is 0 Å². The van der Waals surface area contributed by atoms with Crippen molar-refractivity contribution in [3.05, 3.63) is 30.9 Å². The molecule has 0 bridgehead atoms. The largest absolute Gasteiger partial charge is 0.448 e. The van der Waals surface area contributed by atoms with Crippen LogP contribution >= 0.6 is 0 Å². The van der Waals surface area contributed by atoms with Crippen molar-refractivity contribution >= 4 is 6.09 Å². The first-order valence-corrected chi connectivity index (χ1v) is 15.8. The smallest absolute Gasteiger partial charge is 0.419 e. The van der Waals surface area contributed by atoms with Crippen molar-refractivity contribution in [1.29, 1.82) is 0 Å². The van der Waals surface area contributed by atoms with E-state index in [2.05, 4.69) is 53.1 Å². The highest BCUT2D eigenvalue weighted by atomic mass is 16.5. The number of aliphatic hydroxyl groups excluding tert-OH is 1. The van der Waals surface area contributed by atoms with Crippen LogP contribution in [0.4, 0.5) is 4.79 Å². The average molecular weight is 537 g/mol. The van der Waals surface area contributed by atoms with E-state index >= 15 is 0 Å². The van der Waals surface area contributed by atoms with Gasteiger partial charge in [-0.2, -0.15) is 0 Å². The highest BCUT2D eigenvalue weighted by Crippen LogP contribution is 2.77. The fourth-order valence-corrected chi connectivity index (χ4v) is 12.2. The van der Waals surface area contributed by atoms with Crippen LogP contribution in [0.15, 0.2) is 30.9 Å². The molecule has 5 saturated carbocycles. The van der Waals surface area contributed by atoms with Crippen LogP contribution in [0.1, 0.15) is 106 Å². The van der Waals surface area contributed by atoms with E-state index < -0.39 is 0 Å². The van der Waals surface area contributed by atoms with Crippen molar-refractivity contribution in [2.45, 2.75) is 112 Å². The molecule has 5 fully saturated rings. The van der Waals surface area contributed by atoms with E-state index in [1.54, 1.807) is 12.4 Å². The fourth-order valence-electron chi connectivity index (χ4n) is 12.2. The van der Waals surface area contributed by atoms with Crippen molar-refractivity contribution < 1.29 is 14.6 Å². The maximum atomic E-state index is 12.8. The molecule has 0 aromatic carbocycles. The summed E-state index contributed by atoms with van der Waals surface area (Å²) in [4.78, 5) is 16.9. The van der Waals surface area contributed by atoms with Crippen molar-refractivity contribution in [3.8, 4) is 0 Å². The number of aromatic nitrogens is 2. The van der Waals surface area contributed by atoms with Crippen molar-refractivity contribution in [1.82, 2.24) is 9.55 Å². The number of fused-ring (bicyclic) bond motifs is 7. The molecule has 5 nitrogen and oxygen atoms in total. The first-order chi connectivity index (χ1) is 18.3. The zero-order chi connectivity index (χ0) is 28.0. The summed E-state index contributed by atoms with van der Waals surface area (Å²) in [5, 5.41) is 11.0. The zero-order valence-corrected chi connectivity index (χ0v) is 25.3. The predicted molar refractivity (Wildman–Crippen MR) is 154 cm³/mol. The van der Waals surface area contributed by atoms with Crippen molar-refractivity contribution in [2.24, 2.45) is 56.7 Å². The Bertz CT molecular complexity index is 1130. The van der Waals surface area contributed by atoms with Crippen LogP contribution in [-0.2, 0) is 4.74 Å². The van der Waals surface area contributed by atoms with Gasteiger partial charge in [0.1, 0.15) is 6.33 Å². The maximum Gasteiger partial charge on any atom is 0.419 e. The monoisotopic (exact) mass is 536 g/mol. The van der Waals surface area contributed by atoms with Crippen LogP contribution in [0.5, 0.6) is 0 Å². The molecule has 0 saturated heterocycles. The summed E-state index contributed by atoms with van der Waals surface area (Å²) in [6.45, 7) is 19.9. The molecular weight excluding hydrogens is 484 g/mol. The molecule has 1 heterocycles. The van der Waals surface area contributed by atoms with E-state index in [0.717, 1.165) is 25.7 Å².